The minimum atomic E-state index is -7.22. The summed E-state index contributed by atoms with van der Waals surface area (Å²) in [6.07, 6.45) is -7.22. The van der Waals surface area contributed by atoms with Gasteiger partial charge in [-0.25, -0.2) is 121 Å². The summed E-state index contributed by atoms with van der Waals surface area (Å²) in [6.45, 7) is 0. The molecule has 0 spiro atoms. The van der Waals surface area contributed by atoms with E-state index in [-0.39, 0.29) is 0 Å². The number of halogens is 28. The lowest BCUT2D eigenvalue weighted by Gasteiger charge is -2.44. The van der Waals surface area contributed by atoms with Crippen molar-refractivity contribution in [3.63, 3.8) is 0 Å². The van der Waals surface area contributed by atoms with Gasteiger partial charge in [-0.15, -0.1) is 29.6 Å². The molecule has 1 aliphatic rings. The lowest BCUT2D eigenvalue weighted by molar-refractivity contribution is -0.244. The van der Waals surface area contributed by atoms with Gasteiger partial charge in [-0.05, 0) is 0 Å². The highest BCUT2D eigenvalue weighted by molar-refractivity contribution is 8.13. The molecular formula is C27BF28N2O8S4-3. The van der Waals surface area contributed by atoms with Crippen molar-refractivity contribution in [2.24, 2.45) is 0 Å². The van der Waals surface area contributed by atoms with Gasteiger partial charge in [0.2, 0.25) is 20.8 Å². The monoisotopic (exact) mass is 1150 g/mol. The Hall–Kier alpha value is -5.30. The second-order valence-corrected chi connectivity index (χ2v) is 18.1. The Balaban J connectivity index is 0.000000423. The first-order valence-corrected chi connectivity index (χ1v) is 20.9. The molecule has 0 N–H and O–H groups in total. The zero-order chi connectivity index (χ0) is 55.3. The average Bonchev–Trinajstić information content (AvgIpc) is 3.21. The molecule has 392 valence electrons. The molecule has 0 atom stereocenters. The predicted molar refractivity (Wildman–Crippen MR) is 169 cm³/mol. The fourth-order valence-corrected chi connectivity index (χ4v) is 9.30. The molecule has 4 aromatic carbocycles. The van der Waals surface area contributed by atoms with Crippen LogP contribution in [0, 0.1) is 116 Å². The third-order valence-electron chi connectivity index (χ3n) is 8.46. The smallest absolute Gasteiger partial charge is 0.399 e. The Bertz CT molecular complexity index is 2890. The summed E-state index contributed by atoms with van der Waals surface area (Å²) >= 11 is 0. The van der Waals surface area contributed by atoms with Gasteiger partial charge in [0.15, 0.2) is 89.9 Å². The molecule has 5 rings (SSSR count). The van der Waals surface area contributed by atoms with Crippen molar-refractivity contribution in [2.75, 3.05) is 0 Å². The minimum Gasteiger partial charge on any atom is -0.425 e. The van der Waals surface area contributed by atoms with E-state index in [1.807, 2.05) is 0 Å². The molecule has 1 fully saturated rings. The van der Waals surface area contributed by atoms with Crippen LogP contribution in [0.25, 0.3) is 8.25 Å². The van der Waals surface area contributed by atoms with E-state index >= 15 is 35.1 Å². The van der Waals surface area contributed by atoms with E-state index in [4.69, 9.17) is 0 Å². The van der Waals surface area contributed by atoms with Gasteiger partial charge in [-0.3, -0.25) is 0 Å². The number of benzene rings is 4. The Morgan fingerprint density at radius 3 is 0.600 bits per heavy atom. The second-order valence-electron chi connectivity index (χ2n) is 12.3. The summed E-state index contributed by atoms with van der Waals surface area (Å²) in [6, 6.07) is 0. The van der Waals surface area contributed by atoms with Gasteiger partial charge in [0.1, 0.15) is 52.7 Å². The molecule has 0 unspecified atom stereocenters. The molecule has 0 amide bonds. The Kier molecular flexibility index (Phi) is 15.5. The van der Waals surface area contributed by atoms with E-state index in [0.29, 0.717) is 0 Å². The van der Waals surface area contributed by atoms with Crippen molar-refractivity contribution in [1.29, 1.82) is 0 Å². The third-order valence-corrected chi connectivity index (χ3v) is 13.3. The molecule has 10 nitrogen and oxygen atoms in total. The molecule has 1 saturated heterocycles. The van der Waals surface area contributed by atoms with Gasteiger partial charge in [-0.1, -0.05) is 0 Å². The quantitative estimate of drug-likeness (QED) is 0.0696. The number of rotatable bonds is 6. The molecule has 0 aliphatic carbocycles. The van der Waals surface area contributed by atoms with Crippen LogP contribution in [0.2, 0.25) is 0 Å². The number of nitrogens with zero attached hydrogens (tertiary/aromatic N) is 2. The summed E-state index contributed by atoms with van der Waals surface area (Å²) in [7, 11) is -24.4. The van der Waals surface area contributed by atoms with Crippen molar-refractivity contribution in [3.05, 3.63) is 125 Å². The molecular weight excluding hydrogens is 1150 g/mol. The summed E-state index contributed by atoms with van der Waals surface area (Å²) in [5.41, 5.74) is -14.3. The van der Waals surface area contributed by atoms with Crippen LogP contribution < -0.4 is 21.9 Å². The van der Waals surface area contributed by atoms with Crippen molar-refractivity contribution in [2.45, 2.75) is 16.4 Å². The van der Waals surface area contributed by atoms with E-state index in [1.54, 1.807) is 0 Å². The topological polar surface area (TPSA) is 165 Å². The normalized spacial score (nSPS) is 17.0. The molecule has 0 radical (unpaired) electrons. The highest BCUT2D eigenvalue weighted by Crippen LogP contribution is 2.57. The van der Waals surface area contributed by atoms with E-state index < -0.39 is 202 Å². The van der Waals surface area contributed by atoms with Gasteiger partial charge >= 0.3 is 16.4 Å². The molecule has 0 bridgehead atoms. The van der Waals surface area contributed by atoms with Crippen LogP contribution in [-0.4, -0.2) is 56.2 Å². The molecule has 70 heavy (non-hydrogen) atoms. The fourth-order valence-electron chi connectivity index (χ4n) is 5.70. The van der Waals surface area contributed by atoms with Gasteiger partial charge in [0.25, 0.3) is 0 Å². The average molecular weight is 1150 g/mol. The largest absolute Gasteiger partial charge is 0.425 e. The highest BCUT2D eigenvalue weighted by Gasteiger charge is 2.81. The molecule has 1 heterocycles. The molecule has 1 aliphatic heterocycles. The van der Waals surface area contributed by atoms with Crippen LogP contribution >= 0.6 is 0 Å². The summed E-state index contributed by atoms with van der Waals surface area (Å²) in [5.74, 6) is -78.0. The summed E-state index contributed by atoms with van der Waals surface area (Å²) in [4.78, 5) is 0. The van der Waals surface area contributed by atoms with Crippen molar-refractivity contribution in [3.8, 4) is 0 Å². The molecule has 43 heteroatoms. The zero-order valence-corrected chi connectivity index (χ0v) is 33.7. The van der Waals surface area contributed by atoms with Crippen LogP contribution in [0.15, 0.2) is 0 Å². The van der Waals surface area contributed by atoms with Crippen molar-refractivity contribution in [1.82, 2.24) is 0 Å². The Labute approximate surface area is 365 Å². The van der Waals surface area contributed by atoms with E-state index in [1.165, 1.54) is 0 Å². The van der Waals surface area contributed by atoms with Gasteiger partial charge < -0.3 is 8.25 Å². The molecule has 4 aromatic rings. The van der Waals surface area contributed by atoms with Crippen LogP contribution in [0.5, 0.6) is 0 Å². The third kappa shape index (κ3) is 9.02. The minimum absolute atomic E-state index is 1.11. The number of hydrogen-bond donors (Lipinski definition) is 0. The maximum absolute atomic E-state index is 15.4. The molecule has 0 saturated carbocycles. The van der Waals surface area contributed by atoms with Crippen LogP contribution in [0.1, 0.15) is 0 Å². The van der Waals surface area contributed by atoms with Crippen LogP contribution in [-0.2, 0) is 40.9 Å². The SMILES string of the molecule is Fc1c(F)c(F)c([B-](c2c(F)c(F)c(F)c(F)c2F)(c2c(F)c(F)c(F)c(F)c2F)c2c(F)c(F)c(F)c(F)c2F)c(F)c1F.O=S(=O)(F)[N-]S(=O)(=O)F.O=S1(=O)[N-]S(=O)(=O)C(F)(F)C(F)(F)C1(F)F. The van der Waals surface area contributed by atoms with Crippen molar-refractivity contribution >= 4 is 68.9 Å². The van der Waals surface area contributed by atoms with E-state index in [0.717, 1.165) is 8.25 Å². The first-order valence-electron chi connectivity index (χ1n) is 15.3. The number of alkyl halides is 6. The first kappa shape index (κ1) is 59.0. The second kappa shape index (κ2) is 18.4. The van der Waals surface area contributed by atoms with Gasteiger partial charge in [0, 0.05) is 0 Å². The summed E-state index contributed by atoms with van der Waals surface area (Å²) < 4.78 is 471. The fraction of sp³-hybridized carbons (Fsp3) is 0.111. The maximum atomic E-state index is 15.4. The number of hydrogen-bond acceptors (Lipinski definition) is 8. The predicted octanol–water partition coefficient (Wildman–Crippen LogP) is 6.49. The lowest BCUT2D eigenvalue weighted by Crippen LogP contribution is -2.81. The first-order chi connectivity index (χ1) is 31.1. The maximum Gasteiger partial charge on any atom is 0.399 e. The summed E-state index contributed by atoms with van der Waals surface area (Å²) in [5, 5.41) is -12.6. The van der Waals surface area contributed by atoms with Gasteiger partial charge in [-0.2, -0.15) is 26.3 Å². The van der Waals surface area contributed by atoms with E-state index in [2.05, 4.69) is 0 Å². The Morgan fingerprint density at radius 2 is 0.471 bits per heavy atom. The van der Waals surface area contributed by atoms with Gasteiger partial charge in [0.05, 0.1) is 0 Å². The van der Waals surface area contributed by atoms with Crippen LogP contribution in [0.3, 0.4) is 0 Å². The Morgan fingerprint density at radius 1 is 0.329 bits per heavy atom. The van der Waals surface area contributed by atoms with E-state index in [9.17, 15) is 120 Å². The van der Waals surface area contributed by atoms with Crippen LogP contribution in [0.4, 0.5) is 122 Å². The highest BCUT2D eigenvalue weighted by atomic mass is 32.3. The lowest BCUT2D eigenvalue weighted by atomic mass is 9.12. The standard InChI is InChI=1S/C24BF20.C3F6NO4S2.F2NO4S2/c26-5-1(6(27)14(35)21(42)13(5)34)25(2-7(28)15(36)22(43)16(37)8(2)29,3-9(30)17(38)23(44)18(39)10(3)31)4-11(32)19(40)24(45)20(41)12(4)33;4-1(5)2(6,7)15(11,12)10-16(13,14)3(1,8)9;1-8(4,5)3-9(2,6)7/q3*-1. The zero-order valence-electron chi connectivity index (χ0n) is 30.5. The number of sulfonamides is 2. The van der Waals surface area contributed by atoms with Crippen molar-refractivity contribution < 1.29 is 156 Å². The molecule has 0 aromatic heterocycles.